The van der Waals surface area contributed by atoms with Crippen molar-refractivity contribution in [3.05, 3.63) is 59.8 Å². The Morgan fingerprint density at radius 2 is 1.89 bits per heavy atom. The standard InChI is InChI=1S/C24H27F3N8O/c1-5-14(4)31-22(36)18-8-16(11-35-21(18)32-23(28)33-35)17-10-30-34(12-17)20(13(2)3)15-6-7-19(29-9-15)24(25,26)27/h6-14,20H,5H2,1-4H3,(H2,28,33)(H,31,36)/t14-,20-/m0/s1. The molecule has 0 saturated carbocycles. The monoisotopic (exact) mass is 500 g/mol. The van der Waals surface area contributed by atoms with Gasteiger partial charge in [-0.3, -0.25) is 14.5 Å². The number of nitrogens with one attached hydrogen (secondary N) is 1. The van der Waals surface area contributed by atoms with Crippen molar-refractivity contribution in [1.29, 1.82) is 0 Å². The predicted octanol–water partition coefficient (Wildman–Crippen LogP) is 4.36. The van der Waals surface area contributed by atoms with E-state index in [1.165, 1.54) is 16.8 Å². The maximum absolute atomic E-state index is 13.0. The highest BCUT2D eigenvalue weighted by molar-refractivity contribution is 6.01. The average Bonchev–Trinajstić information content (AvgIpc) is 3.44. The van der Waals surface area contributed by atoms with Crippen molar-refractivity contribution in [1.82, 2.24) is 34.7 Å². The summed E-state index contributed by atoms with van der Waals surface area (Å²) in [4.78, 5) is 20.8. The van der Waals surface area contributed by atoms with Gasteiger partial charge in [-0.15, -0.1) is 5.10 Å². The summed E-state index contributed by atoms with van der Waals surface area (Å²) in [6.07, 6.45) is 2.59. The maximum atomic E-state index is 13.0. The number of alkyl halides is 3. The highest BCUT2D eigenvalue weighted by Crippen LogP contribution is 2.32. The smallest absolute Gasteiger partial charge is 0.366 e. The molecule has 2 atom stereocenters. The fourth-order valence-electron chi connectivity index (χ4n) is 3.96. The van der Waals surface area contributed by atoms with Gasteiger partial charge in [0.25, 0.3) is 5.91 Å². The number of nitrogens with zero attached hydrogens (tertiary/aromatic N) is 6. The molecule has 190 valence electrons. The zero-order valence-corrected chi connectivity index (χ0v) is 20.3. The molecule has 36 heavy (non-hydrogen) atoms. The first-order valence-corrected chi connectivity index (χ1v) is 11.5. The molecule has 0 saturated heterocycles. The lowest BCUT2D eigenvalue weighted by atomic mass is 9.97. The van der Waals surface area contributed by atoms with Crippen LogP contribution >= 0.6 is 0 Å². The maximum Gasteiger partial charge on any atom is 0.433 e. The summed E-state index contributed by atoms with van der Waals surface area (Å²) >= 11 is 0. The molecule has 0 spiro atoms. The Hall–Kier alpha value is -3.96. The van der Waals surface area contributed by atoms with Crippen LogP contribution in [0.2, 0.25) is 0 Å². The van der Waals surface area contributed by atoms with Gasteiger partial charge in [0.1, 0.15) is 5.69 Å². The summed E-state index contributed by atoms with van der Waals surface area (Å²) in [5.41, 5.74) is 7.43. The lowest BCUT2D eigenvalue weighted by Gasteiger charge is -2.22. The Morgan fingerprint density at radius 1 is 1.14 bits per heavy atom. The summed E-state index contributed by atoms with van der Waals surface area (Å²) in [5, 5.41) is 11.6. The summed E-state index contributed by atoms with van der Waals surface area (Å²) < 4.78 is 42.0. The van der Waals surface area contributed by atoms with Gasteiger partial charge >= 0.3 is 6.18 Å². The van der Waals surface area contributed by atoms with E-state index in [1.54, 1.807) is 29.3 Å². The van der Waals surface area contributed by atoms with Crippen LogP contribution < -0.4 is 11.1 Å². The molecule has 9 nitrogen and oxygen atoms in total. The first-order valence-electron chi connectivity index (χ1n) is 11.5. The van der Waals surface area contributed by atoms with Crippen molar-refractivity contribution >= 4 is 17.5 Å². The number of amides is 1. The third kappa shape index (κ3) is 5.02. The van der Waals surface area contributed by atoms with Crippen molar-refractivity contribution in [3.63, 3.8) is 0 Å². The number of halogens is 3. The Balaban J connectivity index is 1.72. The van der Waals surface area contributed by atoms with E-state index in [0.717, 1.165) is 12.5 Å². The fraction of sp³-hybridized carbons (Fsp3) is 0.375. The third-order valence-electron chi connectivity index (χ3n) is 5.95. The topological polar surface area (TPSA) is 116 Å². The molecule has 4 rings (SSSR count). The van der Waals surface area contributed by atoms with Crippen LogP contribution in [0.25, 0.3) is 16.8 Å². The van der Waals surface area contributed by atoms with Gasteiger partial charge in [-0.2, -0.15) is 23.3 Å². The first-order chi connectivity index (χ1) is 17.0. The molecule has 4 aromatic heterocycles. The summed E-state index contributed by atoms with van der Waals surface area (Å²) in [6, 6.07) is 3.71. The molecule has 0 aromatic carbocycles. The zero-order valence-electron chi connectivity index (χ0n) is 20.3. The van der Waals surface area contributed by atoms with Gasteiger partial charge in [0.2, 0.25) is 5.95 Å². The molecule has 0 bridgehead atoms. The van der Waals surface area contributed by atoms with Crippen LogP contribution in [0.4, 0.5) is 19.1 Å². The van der Waals surface area contributed by atoms with E-state index in [2.05, 4.69) is 25.5 Å². The van der Waals surface area contributed by atoms with Crippen LogP contribution in [0.15, 0.2) is 43.0 Å². The van der Waals surface area contributed by atoms with E-state index in [1.807, 2.05) is 27.7 Å². The van der Waals surface area contributed by atoms with Crippen LogP contribution in [0.3, 0.4) is 0 Å². The van der Waals surface area contributed by atoms with Gasteiger partial charge in [-0.05, 0) is 37.0 Å². The van der Waals surface area contributed by atoms with E-state index < -0.39 is 11.9 Å². The number of carbonyl (C=O) groups is 1. The van der Waals surface area contributed by atoms with E-state index in [4.69, 9.17) is 5.73 Å². The quantitative estimate of drug-likeness (QED) is 0.390. The molecular formula is C24H27F3N8O. The Kier molecular flexibility index (Phi) is 6.70. The summed E-state index contributed by atoms with van der Waals surface area (Å²) in [5.74, 6) is -0.257. The van der Waals surface area contributed by atoms with Crippen molar-refractivity contribution < 1.29 is 18.0 Å². The molecule has 0 radical (unpaired) electrons. The van der Waals surface area contributed by atoms with Crippen LogP contribution in [-0.4, -0.2) is 41.3 Å². The van der Waals surface area contributed by atoms with Gasteiger partial charge in [0, 0.05) is 35.8 Å². The first kappa shape index (κ1) is 25.1. The normalized spacial score (nSPS) is 13.8. The number of nitrogen functional groups attached to an aromatic ring is 1. The minimum atomic E-state index is -4.51. The van der Waals surface area contributed by atoms with Crippen LogP contribution in [-0.2, 0) is 6.18 Å². The Bertz CT molecular complexity index is 1370. The Labute approximate surface area is 205 Å². The number of pyridine rings is 2. The van der Waals surface area contributed by atoms with E-state index >= 15 is 0 Å². The molecule has 12 heteroatoms. The highest BCUT2D eigenvalue weighted by Gasteiger charge is 2.32. The van der Waals surface area contributed by atoms with Gasteiger partial charge in [-0.25, -0.2) is 4.52 Å². The van der Waals surface area contributed by atoms with E-state index in [-0.39, 0.29) is 29.9 Å². The van der Waals surface area contributed by atoms with E-state index in [9.17, 15) is 18.0 Å². The predicted molar refractivity (Wildman–Crippen MR) is 128 cm³/mol. The molecule has 0 aliphatic carbocycles. The second-order valence-electron chi connectivity index (χ2n) is 9.04. The number of anilines is 1. The van der Waals surface area contributed by atoms with Gasteiger partial charge in [-0.1, -0.05) is 26.8 Å². The minimum absolute atomic E-state index is 0.00532. The zero-order chi connectivity index (χ0) is 26.2. The molecule has 4 aromatic rings. The Morgan fingerprint density at radius 3 is 2.50 bits per heavy atom. The molecule has 4 heterocycles. The molecule has 0 aliphatic rings. The number of aromatic nitrogens is 6. The largest absolute Gasteiger partial charge is 0.433 e. The minimum Gasteiger partial charge on any atom is -0.366 e. The molecule has 3 N–H and O–H groups in total. The fourth-order valence-corrected chi connectivity index (χ4v) is 3.96. The summed E-state index contributed by atoms with van der Waals surface area (Å²) in [7, 11) is 0. The molecule has 1 amide bonds. The molecule has 0 aliphatic heterocycles. The average molecular weight is 501 g/mol. The highest BCUT2D eigenvalue weighted by atomic mass is 19.4. The van der Waals surface area contributed by atoms with Crippen molar-refractivity contribution in [3.8, 4) is 11.1 Å². The number of carbonyl (C=O) groups excluding carboxylic acids is 1. The number of rotatable bonds is 7. The van der Waals surface area contributed by atoms with Crippen LogP contribution in [0.5, 0.6) is 0 Å². The van der Waals surface area contributed by atoms with Crippen molar-refractivity contribution in [2.24, 2.45) is 5.92 Å². The van der Waals surface area contributed by atoms with Gasteiger partial charge in [0.15, 0.2) is 5.65 Å². The summed E-state index contributed by atoms with van der Waals surface area (Å²) in [6.45, 7) is 7.78. The molecule has 0 unspecified atom stereocenters. The SMILES string of the molecule is CC[C@H](C)NC(=O)c1cc(-c2cnn([C@H](c3ccc(C(F)(F)F)nc3)C(C)C)c2)cn2nc(N)nc12. The van der Waals surface area contributed by atoms with Crippen molar-refractivity contribution in [2.45, 2.75) is 52.4 Å². The van der Waals surface area contributed by atoms with Gasteiger partial charge < -0.3 is 11.1 Å². The van der Waals surface area contributed by atoms with Crippen molar-refractivity contribution in [2.75, 3.05) is 5.73 Å². The lowest BCUT2D eigenvalue weighted by molar-refractivity contribution is -0.141. The number of hydrogen-bond acceptors (Lipinski definition) is 6. The van der Waals surface area contributed by atoms with E-state index in [0.29, 0.717) is 27.9 Å². The molecule has 0 fully saturated rings. The van der Waals surface area contributed by atoms with Crippen LogP contribution in [0, 0.1) is 5.92 Å². The number of fused-ring (bicyclic) bond motifs is 1. The lowest BCUT2D eigenvalue weighted by Crippen LogP contribution is -2.32. The number of nitrogens with two attached hydrogens (primary N) is 1. The number of hydrogen-bond donors (Lipinski definition) is 2. The van der Waals surface area contributed by atoms with Gasteiger partial charge in [0.05, 0.1) is 17.8 Å². The molecular weight excluding hydrogens is 473 g/mol. The van der Waals surface area contributed by atoms with Crippen LogP contribution in [0.1, 0.15) is 61.8 Å². The second-order valence-corrected chi connectivity index (χ2v) is 9.04. The second kappa shape index (κ2) is 9.59. The third-order valence-corrected chi connectivity index (χ3v) is 5.95.